The standard InChI is InChI=1S/C13H20Cl2N2O/c1-18-9-8-16-6-3-7-17-10-11-4-2-5-12(14)13(11)15/h2,4-5,16-17H,3,6-10H2,1H3. The second-order valence-corrected chi connectivity index (χ2v) is 4.77. The average Bonchev–Trinajstić information content (AvgIpc) is 2.37. The van der Waals surface area contributed by atoms with Crippen LogP contribution in [0.2, 0.25) is 10.0 Å². The van der Waals surface area contributed by atoms with Gasteiger partial charge in [0.1, 0.15) is 0 Å². The van der Waals surface area contributed by atoms with Gasteiger partial charge in [0.15, 0.2) is 0 Å². The van der Waals surface area contributed by atoms with Gasteiger partial charge in [0.2, 0.25) is 0 Å². The van der Waals surface area contributed by atoms with Gasteiger partial charge in [-0.15, -0.1) is 0 Å². The molecule has 0 aliphatic carbocycles. The fourth-order valence-electron chi connectivity index (χ4n) is 1.55. The predicted octanol–water partition coefficient (Wildman–Crippen LogP) is 2.71. The molecule has 0 fully saturated rings. The third-order valence-corrected chi connectivity index (χ3v) is 3.40. The lowest BCUT2D eigenvalue weighted by Gasteiger charge is -2.08. The summed E-state index contributed by atoms with van der Waals surface area (Å²) < 4.78 is 4.95. The second-order valence-electron chi connectivity index (χ2n) is 3.99. The smallest absolute Gasteiger partial charge is 0.0637 e. The summed E-state index contributed by atoms with van der Waals surface area (Å²) in [6.07, 6.45) is 1.07. The molecule has 0 heterocycles. The molecule has 0 unspecified atom stereocenters. The summed E-state index contributed by atoms with van der Waals surface area (Å²) in [6, 6.07) is 5.70. The van der Waals surface area contributed by atoms with E-state index < -0.39 is 0 Å². The lowest BCUT2D eigenvalue weighted by atomic mass is 10.2. The molecule has 0 spiro atoms. The largest absolute Gasteiger partial charge is 0.383 e. The Bertz CT molecular complexity index is 348. The molecule has 2 N–H and O–H groups in total. The van der Waals surface area contributed by atoms with E-state index in [-0.39, 0.29) is 0 Å². The zero-order valence-corrected chi connectivity index (χ0v) is 12.2. The molecule has 0 saturated carbocycles. The van der Waals surface area contributed by atoms with E-state index in [1.165, 1.54) is 0 Å². The maximum Gasteiger partial charge on any atom is 0.0637 e. The first-order valence-corrected chi connectivity index (χ1v) is 6.84. The summed E-state index contributed by atoms with van der Waals surface area (Å²) >= 11 is 12.0. The lowest BCUT2D eigenvalue weighted by molar-refractivity contribution is 0.199. The van der Waals surface area contributed by atoms with Crippen LogP contribution in [0.15, 0.2) is 18.2 Å². The Balaban J connectivity index is 2.09. The topological polar surface area (TPSA) is 33.3 Å². The van der Waals surface area contributed by atoms with E-state index in [9.17, 15) is 0 Å². The SMILES string of the molecule is COCCNCCCNCc1cccc(Cl)c1Cl. The van der Waals surface area contributed by atoms with Gasteiger partial charge in [0.05, 0.1) is 16.7 Å². The number of hydrogen-bond donors (Lipinski definition) is 2. The quantitative estimate of drug-likeness (QED) is 0.686. The van der Waals surface area contributed by atoms with Crippen molar-refractivity contribution in [3.63, 3.8) is 0 Å². The normalized spacial score (nSPS) is 10.8. The van der Waals surface area contributed by atoms with Gasteiger partial charge in [-0.3, -0.25) is 0 Å². The molecule has 18 heavy (non-hydrogen) atoms. The Morgan fingerprint density at radius 1 is 1.11 bits per heavy atom. The molecule has 0 radical (unpaired) electrons. The van der Waals surface area contributed by atoms with E-state index >= 15 is 0 Å². The Kier molecular flexibility index (Phi) is 8.38. The molecule has 5 heteroatoms. The predicted molar refractivity (Wildman–Crippen MR) is 77.5 cm³/mol. The number of rotatable bonds is 9. The van der Waals surface area contributed by atoms with Crippen LogP contribution in [-0.4, -0.2) is 33.4 Å². The zero-order chi connectivity index (χ0) is 13.2. The van der Waals surface area contributed by atoms with Crippen molar-refractivity contribution in [2.75, 3.05) is 33.4 Å². The van der Waals surface area contributed by atoms with Gasteiger partial charge >= 0.3 is 0 Å². The summed E-state index contributed by atoms with van der Waals surface area (Å²) in [7, 11) is 1.71. The average molecular weight is 291 g/mol. The number of hydrogen-bond acceptors (Lipinski definition) is 3. The molecule has 0 aliphatic rings. The first-order chi connectivity index (χ1) is 8.75. The van der Waals surface area contributed by atoms with Crippen molar-refractivity contribution in [2.45, 2.75) is 13.0 Å². The summed E-state index contributed by atoms with van der Waals surface area (Å²) in [5.41, 5.74) is 1.04. The van der Waals surface area contributed by atoms with Crippen LogP contribution < -0.4 is 10.6 Å². The highest BCUT2D eigenvalue weighted by Gasteiger charge is 2.02. The number of benzene rings is 1. The molecule has 0 atom stereocenters. The van der Waals surface area contributed by atoms with Gasteiger partial charge in [-0.1, -0.05) is 35.3 Å². The summed E-state index contributed by atoms with van der Waals surface area (Å²) in [6.45, 7) is 4.34. The molecule has 1 rings (SSSR count). The summed E-state index contributed by atoms with van der Waals surface area (Å²) in [4.78, 5) is 0. The zero-order valence-electron chi connectivity index (χ0n) is 10.6. The first kappa shape index (κ1) is 15.7. The van der Waals surface area contributed by atoms with E-state index in [0.717, 1.165) is 44.8 Å². The van der Waals surface area contributed by atoms with Crippen molar-refractivity contribution >= 4 is 23.2 Å². The second kappa shape index (κ2) is 9.59. The Hall–Kier alpha value is -0.320. The van der Waals surface area contributed by atoms with Crippen molar-refractivity contribution in [2.24, 2.45) is 0 Å². The molecule has 3 nitrogen and oxygen atoms in total. The van der Waals surface area contributed by atoms with E-state index in [2.05, 4.69) is 10.6 Å². The minimum atomic E-state index is 0.609. The van der Waals surface area contributed by atoms with Gasteiger partial charge in [-0.25, -0.2) is 0 Å². The molecular weight excluding hydrogens is 271 g/mol. The van der Waals surface area contributed by atoms with Crippen molar-refractivity contribution in [3.8, 4) is 0 Å². The van der Waals surface area contributed by atoms with Crippen LogP contribution >= 0.6 is 23.2 Å². The van der Waals surface area contributed by atoms with Gasteiger partial charge in [0.25, 0.3) is 0 Å². The molecule has 0 aliphatic heterocycles. The fraction of sp³-hybridized carbons (Fsp3) is 0.538. The van der Waals surface area contributed by atoms with Gasteiger partial charge < -0.3 is 15.4 Å². The van der Waals surface area contributed by atoms with Crippen LogP contribution in [-0.2, 0) is 11.3 Å². The van der Waals surface area contributed by atoms with Crippen LogP contribution in [0.25, 0.3) is 0 Å². The minimum Gasteiger partial charge on any atom is -0.383 e. The molecule has 0 amide bonds. The molecular formula is C13H20Cl2N2O. The van der Waals surface area contributed by atoms with Crippen LogP contribution in [0, 0.1) is 0 Å². The molecule has 0 bridgehead atoms. The van der Waals surface area contributed by atoms with Gasteiger partial charge in [-0.05, 0) is 31.1 Å². The lowest BCUT2D eigenvalue weighted by Crippen LogP contribution is -2.24. The van der Waals surface area contributed by atoms with Crippen molar-refractivity contribution in [1.82, 2.24) is 10.6 Å². The van der Waals surface area contributed by atoms with Crippen molar-refractivity contribution < 1.29 is 4.74 Å². The van der Waals surface area contributed by atoms with Crippen LogP contribution in [0.5, 0.6) is 0 Å². The molecule has 0 aromatic heterocycles. The van der Waals surface area contributed by atoms with Crippen molar-refractivity contribution in [1.29, 1.82) is 0 Å². The molecule has 0 saturated heterocycles. The maximum atomic E-state index is 6.09. The Morgan fingerprint density at radius 2 is 1.89 bits per heavy atom. The van der Waals surface area contributed by atoms with E-state index in [4.69, 9.17) is 27.9 Å². The summed E-state index contributed by atoms with van der Waals surface area (Å²) in [5.74, 6) is 0. The molecule has 102 valence electrons. The monoisotopic (exact) mass is 290 g/mol. The summed E-state index contributed by atoms with van der Waals surface area (Å²) in [5, 5.41) is 7.89. The maximum absolute atomic E-state index is 6.09. The first-order valence-electron chi connectivity index (χ1n) is 6.09. The van der Waals surface area contributed by atoms with E-state index in [1.807, 2.05) is 12.1 Å². The molecule has 1 aromatic rings. The van der Waals surface area contributed by atoms with Crippen LogP contribution in [0.3, 0.4) is 0 Å². The van der Waals surface area contributed by atoms with Gasteiger partial charge in [-0.2, -0.15) is 0 Å². The third-order valence-electron chi connectivity index (χ3n) is 2.54. The number of ether oxygens (including phenoxy) is 1. The highest BCUT2D eigenvalue weighted by Crippen LogP contribution is 2.25. The number of nitrogens with one attached hydrogen (secondary N) is 2. The third kappa shape index (κ3) is 6.03. The van der Waals surface area contributed by atoms with Crippen LogP contribution in [0.4, 0.5) is 0 Å². The van der Waals surface area contributed by atoms with E-state index in [1.54, 1.807) is 13.2 Å². The minimum absolute atomic E-state index is 0.609. The van der Waals surface area contributed by atoms with Crippen LogP contribution in [0.1, 0.15) is 12.0 Å². The number of halogens is 2. The Morgan fingerprint density at radius 3 is 2.67 bits per heavy atom. The Labute approximate surface area is 119 Å². The van der Waals surface area contributed by atoms with Gasteiger partial charge in [0, 0.05) is 20.2 Å². The van der Waals surface area contributed by atoms with E-state index in [0.29, 0.717) is 10.0 Å². The highest BCUT2D eigenvalue weighted by atomic mass is 35.5. The number of methoxy groups -OCH3 is 1. The molecule has 1 aromatic carbocycles. The van der Waals surface area contributed by atoms with Crippen molar-refractivity contribution in [3.05, 3.63) is 33.8 Å². The fourth-order valence-corrected chi connectivity index (χ4v) is 1.93. The highest BCUT2D eigenvalue weighted by molar-refractivity contribution is 6.42.